The summed E-state index contributed by atoms with van der Waals surface area (Å²) < 4.78 is 5.57. The molecule has 2 rings (SSSR count). The van der Waals surface area contributed by atoms with Crippen LogP contribution in [0.2, 0.25) is 0 Å². The first-order chi connectivity index (χ1) is 8.74. The average molecular weight is 261 g/mol. The van der Waals surface area contributed by atoms with Crippen LogP contribution in [0.3, 0.4) is 0 Å². The maximum atomic E-state index is 6.05. The predicted molar refractivity (Wildman–Crippen MR) is 79.3 cm³/mol. The van der Waals surface area contributed by atoms with Crippen molar-refractivity contribution in [1.29, 1.82) is 0 Å². The van der Waals surface area contributed by atoms with Gasteiger partial charge in [0.15, 0.2) is 0 Å². The Bertz CT molecular complexity index is 502. The number of anilines is 1. The molecule has 1 aromatic heterocycles. The molecule has 0 radical (unpaired) electrons. The van der Waals surface area contributed by atoms with Gasteiger partial charge in [0.1, 0.15) is 5.75 Å². The van der Waals surface area contributed by atoms with E-state index in [0.29, 0.717) is 0 Å². The van der Waals surface area contributed by atoms with E-state index in [0.717, 1.165) is 41.3 Å². The zero-order valence-corrected chi connectivity index (χ0v) is 11.7. The van der Waals surface area contributed by atoms with E-state index in [1.807, 2.05) is 12.1 Å². The van der Waals surface area contributed by atoms with E-state index in [9.17, 15) is 0 Å². The molecule has 0 aliphatic carbocycles. The van der Waals surface area contributed by atoms with Crippen molar-refractivity contribution in [2.24, 2.45) is 0 Å². The van der Waals surface area contributed by atoms with Gasteiger partial charge in [0, 0.05) is 10.4 Å². The highest BCUT2D eigenvalue weighted by molar-refractivity contribution is 7.16. The van der Waals surface area contributed by atoms with Crippen molar-refractivity contribution in [3.63, 3.8) is 0 Å². The van der Waals surface area contributed by atoms with Crippen molar-refractivity contribution < 1.29 is 4.74 Å². The van der Waals surface area contributed by atoms with Crippen LogP contribution in [-0.2, 0) is 6.42 Å². The minimum Gasteiger partial charge on any atom is -0.494 e. The van der Waals surface area contributed by atoms with Gasteiger partial charge in [-0.25, -0.2) is 0 Å². The number of rotatable bonds is 5. The Hall–Kier alpha value is -1.48. The second kappa shape index (κ2) is 5.91. The lowest BCUT2D eigenvalue weighted by Crippen LogP contribution is -1.94. The molecule has 0 aliphatic rings. The van der Waals surface area contributed by atoms with Gasteiger partial charge in [-0.05, 0) is 36.6 Å². The molecule has 0 atom stereocenters. The molecule has 0 unspecified atom stereocenters. The van der Waals surface area contributed by atoms with Crippen LogP contribution in [0.15, 0.2) is 30.3 Å². The third-order valence-corrected chi connectivity index (χ3v) is 3.91. The van der Waals surface area contributed by atoms with Crippen molar-refractivity contribution in [1.82, 2.24) is 0 Å². The lowest BCUT2D eigenvalue weighted by Gasteiger charge is -2.05. The molecule has 2 N–H and O–H groups in total. The topological polar surface area (TPSA) is 35.2 Å². The SMILES string of the molecule is CCCOc1ccc(-c2cc(CC)sc2N)cc1. The summed E-state index contributed by atoms with van der Waals surface area (Å²) in [4.78, 5) is 1.33. The summed E-state index contributed by atoms with van der Waals surface area (Å²) in [6, 6.07) is 10.3. The maximum Gasteiger partial charge on any atom is 0.119 e. The number of aryl methyl sites for hydroxylation is 1. The first kappa shape index (κ1) is 13.0. The first-order valence-electron chi connectivity index (χ1n) is 6.36. The van der Waals surface area contributed by atoms with E-state index in [-0.39, 0.29) is 0 Å². The molecule has 1 aromatic carbocycles. The van der Waals surface area contributed by atoms with Gasteiger partial charge in [-0.1, -0.05) is 26.0 Å². The average Bonchev–Trinajstić information content (AvgIpc) is 2.78. The summed E-state index contributed by atoms with van der Waals surface area (Å²) in [5, 5.41) is 0.897. The van der Waals surface area contributed by atoms with Crippen LogP contribution in [0.25, 0.3) is 11.1 Å². The summed E-state index contributed by atoms with van der Waals surface area (Å²) in [5.74, 6) is 0.921. The number of thiophene rings is 1. The van der Waals surface area contributed by atoms with Crippen LogP contribution in [0.5, 0.6) is 5.75 Å². The fourth-order valence-electron chi connectivity index (χ4n) is 1.81. The molecule has 0 fully saturated rings. The monoisotopic (exact) mass is 261 g/mol. The van der Waals surface area contributed by atoms with Crippen molar-refractivity contribution in [3.05, 3.63) is 35.2 Å². The van der Waals surface area contributed by atoms with Crippen LogP contribution in [0, 0.1) is 0 Å². The molecule has 0 saturated carbocycles. The fraction of sp³-hybridized carbons (Fsp3) is 0.333. The minimum atomic E-state index is 0.764. The van der Waals surface area contributed by atoms with Crippen molar-refractivity contribution in [3.8, 4) is 16.9 Å². The molecule has 3 heteroatoms. The van der Waals surface area contributed by atoms with Gasteiger partial charge in [-0.3, -0.25) is 0 Å². The van der Waals surface area contributed by atoms with Crippen molar-refractivity contribution >= 4 is 16.3 Å². The zero-order chi connectivity index (χ0) is 13.0. The number of ether oxygens (including phenoxy) is 1. The van der Waals surface area contributed by atoms with E-state index >= 15 is 0 Å². The first-order valence-corrected chi connectivity index (χ1v) is 7.17. The Morgan fingerprint density at radius 2 is 1.89 bits per heavy atom. The standard InChI is InChI=1S/C15H19NOS/c1-3-9-17-12-7-5-11(6-8-12)14-10-13(4-2)18-15(14)16/h5-8,10H,3-4,9,16H2,1-2H3. The molecule has 0 spiro atoms. The summed E-state index contributed by atoms with van der Waals surface area (Å²) in [7, 11) is 0. The summed E-state index contributed by atoms with van der Waals surface area (Å²) >= 11 is 1.67. The lowest BCUT2D eigenvalue weighted by atomic mass is 10.1. The molecule has 0 amide bonds. The Kier molecular flexibility index (Phi) is 4.26. The molecule has 0 bridgehead atoms. The number of hydrogen-bond acceptors (Lipinski definition) is 3. The second-order valence-electron chi connectivity index (χ2n) is 4.22. The third-order valence-electron chi connectivity index (χ3n) is 2.80. The third kappa shape index (κ3) is 2.85. The quantitative estimate of drug-likeness (QED) is 0.868. The van der Waals surface area contributed by atoms with Crippen molar-refractivity contribution in [2.75, 3.05) is 12.3 Å². The summed E-state index contributed by atoms with van der Waals surface area (Å²) in [6.45, 7) is 5.02. The molecule has 18 heavy (non-hydrogen) atoms. The fourth-order valence-corrected chi connectivity index (χ4v) is 2.70. The molecule has 0 saturated heterocycles. The molecule has 1 heterocycles. The number of nitrogen functional groups attached to an aromatic ring is 1. The smallest absolute Gasteiger partial charge is 0.119 e. The highest BCUT2D eigenvalue weighted by atomic mass is 32.1. The van der Waals surface area contributed by atoms with E-state index in [4.69, 9.17) is 10.5 Å². The van der Waals surface area contributed by atoms with Gasteiger partial charge >= 0.3 is 0 Å². The number of hydrogen-bond donors (Lipinski definition) is 1. The largest absolute Gasteiger partial charge is 0.494 e. The predicted octanol–water partition coefficient (Wildman–Crippen LogP) is 4.35. The Labute approximate surface area is 112 Å². The summed E-state index contributed by atoms with van der Waals surface area (Å²) in [5.41, 5.74) is 8.35. The Morgan fingerprint density at radius 1 is 1.17 bits per heavy atom. The van der Waals surface area contributed by atoms with Crippen LogP contribution in [0.4, 0.5) is 5.00 Å². The normalized spacial score (nSPS) is 10.6. The van der Waals surface area contributed by atoms with Crippen molar-refractivity contribution in [2.45, 2.75) is 26.7 Å². The number of benzene rings is 1. The van der Waals surface area contributed by atoms with Crippen LogP contribution < -0.4 is 10.5 Å². The zero-order valence-electron chi connectivity index (χ0n) is 10.9. The molecule has 96 valence electrons. The van der Waals surface area contributed by atoms with Gasteiger partial charge in [0.25, 0.3) is 0 Å². The second-order valence-corrected chi connectivity index (χ2v) is 5.39. The van der Waals surface area contributed by atoms with E-state index in [2.05, 4.69) is 32.0 Å². The van der Waals surface area contributed by atoms with Gasteiger partial charge in [0.2, 0.25) is 0 Å². The molecule has 2 nitrogen and oxygen atoms in total. The van der Waals surface area contributed by atoms with Gasteiger partial charge < -0.3 is 10.5 Å². The molecular weight excluding hydrogens is 242 g/mol. The van der Waals surface area contributed by atoms with E-state index < -0.39 is 0 Å². The van der Waals surface area contributed by atoms with E-state index in [1.165, 1.54) is 4.88 Å². The summed E-state index contributed by atoms with van der Waals surface area (Å²) in [6.07, 6.45) is 2.06. The van der Waals surface area contributed by atoms with Gasteiger partial charge in [-0.2, -0.15) is 0 Å². The highest BCUT2D eigenvalue weighted by Gasteiger charge is 2.07. The lowest BCUT2D eigenvalue weighted by molar-refractivity contribution is 0.317. The van der Waals surface area contributed by atoms with E-state index in [1.54, 1.807) is 11.3 Å². The number of nitrogens with two attached hydrogens (primary N) is 1. The molecular formula is C15H19NOS. The minimum absolute atomic E-state index is 0.764. The Morgan fingerprint density at radius 3 is 2.44 bits per heavy atom. The maximum absolute atomic E-state index is 6.05. The van der Waals surface area contributed by atoms with Crippen LogP contribution in [-0.4, -0.2) is 6.61 Å². The van der Waals surface area contributed by atoms with Gasteiger partial charge in [-0.15, -0.1) is 11.3 Å². The molecule has 0 aliphatic heterocycles. The Balaban J connectivity index is 2.20. The van der Waals surface area contributed by atoms with Gasteiger partial charge in [0.05, 0.1) is 11.6 Å². The van der Waals surface area contributed by atoms with Crippen LogP contribution >= 0.6 is 11.3 Å². The van der Waals surface area contributed by atoms with Crippen LogP contribution in [0.1, 0.15) is 25.1 Å². The molecule has 2 aromatic rings. The highest BCUT2D eigenvalue weighted by Crippen LogP contribution is 2.34.